The van der Waals surface area contributed by atoms with Crippen molar-refractivity contribution in [3.63, 3.8) is 0 Å². The number of halogens is 3. The fourth-order valence-electron chi connectivity index (χ4n) is 2.84. The monoisotopic (exact) mass is 393 g/mol. The molecule has 1 aromatic heterocycles. The number of thioether (sulfide) groups is 1. The van der Waals surface area contributed by atoms with E-state index in [0.29, 0.717) is 12.5 Å². The third kappa shape index (κ3) is 5.06. The Bertz CT molecular complexity index is 601. The van der Waals surface area contributed by atoms with Gasteiger partial charge >= 0.3 is 6.18 Å². The van der Waals surface area contributed by atoms with Gasteiger partial charge in [0, 0.05) is 50.7 Å². The number of guanidine groups is 1. The molecule has 0 spiro atoms. The molecule has 0 aromatic carbocycles. The Morgan fingerprint density at radius 3 is 2.81 bits per heavy atom. The van der Waals surface area contributed by atoms with Crippen LogP contribution in [0.15, 0.2) is 17.4 Å². The number of hydrogen-bond donors (Lipinski definition) is 3. The van der Waals surface area contributed by atoms with Crippen molar-refractivity contribution in [1.82, 2.24) is 20.2 Å². The minimum absolute atomic E-state index is 0.182. The molecule has 0 amide bonds. The molecule has 1 aliphatic heterocycles. The Labute approximate surface area is 155 Å². The van der Waals surface area contributed by atoms with E-state index >= 15 is 0 Å². The largest absolute Gasteiger partial charge is 0.424 e. The minimum atomic E-state index is -4.84. The second kappa shape index (κ2) is 8.98. The van der Waals surface area contributed by atoms with Gasteiger partial charge in [0.1, 0.15) is 5.82 Å². The lowest BCUT2D eigenvalue weighted by Gasteiger charge is -2.29. The predicted molar refractivity (Wildman–Crippen MR) is 97.2 cm³/mol. The molecule has 3 N–H and O–H groups in total. The molecule has 148 valence electrons. The van der Waals surface area contributed by atoms with Crippen LogP contribution in [0.1, 0.15) is 32.0 Å². The van der Waals surface area contributed by atoms with Crippen LogP contribution >= 0.6 is 11.8 Å². The zero-order valence-corrected chi connectivity index (χ0v) is 15.8. The lowest BCUT2D eigenvalue weighted by molar-refractivity contribution is -0.272. The Hall–Kier alpha value is -1.42. The fraction of sp³-hybridized carbons (Fsp3) is 0.750. The fourth-order valence-corrected chi connectivity index (χ4v) is 3.91. The van der Waals surface area contributed by atoms with Gasteiger partial charge in [0.25, 0.3) is 0 Å². The molecule has 6 nitrogen and oxygen atoms in total. The molecule has 26 heavy (non-hydrogen) atoms. The zero-order valence-electron chi connectivity index (χ0n) is 15.0. The summed E-state index contributed by atoms with van der Waals surface area (Å²) in [5.74, 6) is 2.13. The lowest BCUT2D eigenvalue weighted by Crippen LogP contribution is -2.47. The number of aliphatic hydroxyl groups is 1. The van der Waals surface area contributed by atoms with Gasteiger partial charge in [0.15, 0.2) is 5.96 Å². The topological polar surface area (TPSA) is 74.5 Å². The van der Waals surface area contributed by atoms with Gasteiger partial charge < -0.3 is 20.3 Å². The summed E-state index contributed by atoms with van der Waals surface area (Å²) in [5.41, 5.74) is -3.03. The van der Waals surface area contributed by atoms with Crippen molar-refractivity contribution in [2.45, 2.75) is 44.0 Å². The van der Waals surface area contributed by atoms with Crippen LogP contribution in [0.4, 0.5) is 13.2 Å². The highest BCUT2D eigenvalue weighted by atomic mass is 32.2. The molecule has 0 saturated carbocycles. The summed E-state index contributed by atoms with van der Waals surface area (Å²) in [6.07, 6.45) is -0.708. The van der Waals surface area contributed by atoms with Gasteiger partial charge in [-0.15, -0.1) is 0 Å². The molecule has 1 fully saturated rings. The zero-order chi connectivity index (χ0) is 19.2. The van der Waals surface area contributed by atoms with E-state index in [-0.39, 0.29) is 12.6 Å². The van der Waals surface area contributed by atoms with E-state index in [1.165, 1.54) is 24.0 Å². The number of aromatic nitrogens is 2. The van der Waals surface area contributed by atoms with E-state index in [1.54, 1.807) is 0 Å². The van der Waals surface area contributed by atoms with Gasteiger partial charge in [-0.2, -0.15) is 24.9 Å². The molecular formula is C16H26F3N5OS. The van der Waals surface area contributed by atoms with Gasteiger partial charge in [-0.25, -0.2) is 4.98 Å². The molecule has 2 rings (SSSR count). The second-order valence-electron chi connectivity index (χ2n) is 6.29. The number of aliphatic imine (C=N–C) groups is 1. The van der Waals surface area contributed by atoms with Crippen molar-refractivity contribution in [1.29, 1.82) is 0 Å². The van der Waals surface area contributed by atoms with E-state index in [2.05, 4.69) is 20.6 Å². The van der Waals surface area contributed by atoms with Crippen LogP contribution in [0.3, 0.4) is 0 Å². The maximum Gasteiger partial charge on any atom is 0.424 e. The van der Waals surface area contributed by atoms with Gasteiger partial charge in [-0.05, 0) is 25.5 Å². The number of hydrogen-bond acceptors (Lipinski definition) is 4. The standard InChI is InChI=1S/C16H26F3N5OS/c1-3-20-14(23-12-5-4-10-26-11-12)22-7-6-15(25,16(17,18)19)13-21-8-9-24(13)2/h8-9,12,25H,3-7,10-11H2,1-2H3,(H2,20,22,23). The average Bonchev–Trinajstić information content (AvgIpc) is 3.01. The van der Waals surface area contributed by atoms with Crippen molar-refractivity contribution < 1.29 is 18.3 Å². The quantitative estimate of drug-likeness (QED) is 0.509. The molecule has 0 bridgehead atoms. The van der Waals surface area contributed by atoms with Crippen molar-refractivity contribution in [2.75, 3.05) is 24.6 Å². The van der Waals surface area contributed by atoms with Crippen LogP contribution in [-0.4, -0.2) is 57.4 Å². The lowest BCUT2D eigenvalue weighted by atomic mass is 9.98. The van der Waals surface area contributed by atoms with Crippen LogP contribution < -0.4 is 10.6 Å². The first-order chi connectivity index (χ1) is 12.3. The van der Waals surface area contributed by atoms with Gasteiger partial charge in [0.05, 0.1) is 0 Å². The third-order valence-corrected chi connectivity index (χ3v) is 5.46. The average molecular weight is 393 g/mol. The summed E-state index contributed by atoms with van der Waals surface area (Å²) in [7, 11) is 1.43. The highest BCUT2D eigenvalue weighted by Gasteiger charge is 2.57. The normalized spacial score (nSPS) is 21.3. The Kier molecular flexibility index (Phi) is 7.22. The number of alkyl halides is 3. The second-order valence-corrected chi connectivity index (χ2v) is 7.44. The Balaban J connectivity index is 2.08. The first kappa shape index (κ1) is 20.9. The summed E-state index contributed by atoms with van der Waals surface area (Å²) < 4.78 is 41.7. The molecule has 0 aliphatic carbocycles. The third-order valence-electron chi connectivity index (χ3n) is 4.25. The SMILES string of the molecule is CCNC(=NCCC(O)(c1nccn1C)C(F)(F)F)NC1CCCSC1. The van der Waals surface area contributed by atoms with E-state index in [0.717, 1.165) is 24.3 Å². The van der Waals surface area contributed by atoms with E-state index in [1.807, 2.05) is 18.7 Å². The van der Waals surface area contributed by atoms with Crippen LogP contribution in [0, 0.1) is 0 Å². The van der Waals surface area contributed by atoms with E-state index in [9.17, 15) is 18.3 Å². The Morgan fingerprint density at radius 2 is 2.27 bits per heavy atom. The number of rotatable bonds is 6. The van der Waals surface area contributed by atoms with Gasteiger partial charge in [-0.3, -0.25) is 4.99 Å². The molecule has 1 saturated heterocycles. The molecule has 1 aromatic rings. The van der Waals surface area contributed by atoms with Gasteiger partial charge in [0.2, 0.25) is 5.60 Å². The van der Waals surface area contributed by atoms with Crippen LogP contribution in [0.25, 0.3) is 0 Å². The van der Waals surface area contributed by atoms with Gasteiger partial charge in [-0.1, -0.05) is 0 Å². The molecule has 2 atom stereocenters. The highest BCUT2D eigenvalue weighted by Crippen LogP contribution is 2.40. The first-order valence-electron chi connectivity index (χ1n) is 8.67. The van der Waals surface area contributed by atoms with Crippen LogP contribution in [0.5, 0.6) is 0 Å². The summed E-state index contributed by atoms with van der Waals surface area (Å²) in [6.45, 7) is 2.32. The molecule has 2 unspecified atom stereocenters. The van der Waals surface area contributed by atoms with Crippen molar-refractivity contribution in [3.8, 4) is 0 Å². The maximum absolute atomic E-state index is 13.5. The van der Waals surface area contributed by atoms with Crippen LogP contribution in [0.2, 0.25) is 0 Å². The minimum Gasteiger partial charge on any atom is -0.374 e. The molecule has 2 heterocycles. The molecule has 0 radical (unpaired) electrons. The molecular weight excluding hydrogens is 367 g/mol. The van der Waals surface area contributed by atoms with Crippen molar-refractivity contribution in [2.24, 2.45) is 12.0 Å². The van der Waals surface area contributed by atoms with Crippen molar-refractivity contribution >= 4 is 17.7 Å². The first-order valence-corrected chi connectivity index (χ1v) is 9.83. The summed E-state index contributed by atoms with van der Waals surface area (Å²) in [5, 5.41) is 16.6. The molecule has 10 heteroatoms. The maximum atomic E-state index is 13.5. The number of imidazole rings is 1. The molecule has 1 aliphatic rings. The highest BCUT2D eigenvalue weighted by molar-refractivity contribution is 7.99. The summed E-state index contributed by atoms with van der Waals surface area (Å²) >= 11 is 1.85. The van der Waals surface area contributed by atoms with Crippen LogP contribution in [-0.2, 0) is 12.6 Å². The number of nitrogens with zero attached hydrogens (tertiary/aromatic N) is 3. The van der Waals surface area contributed by atoms with Crippen molar-refractivity contribution in [3.05, 3.63) is 18.2 Å². The smallest absolute Gasteiger partial charge is 0.374 e. The number of aryl methyl sites for hydroxylation is 1. The van der Waals surface area contributed by atoms with E-state index in [4.69, 9.17) is 0 Å². The summed E-state index contributed by atoms with van der Waals surface area (Å²) in [4.78, 5) is 7.93. The number of nitrogens with one attached hydrogen (secondary N) is 2. The predicted octanol–water partition coefficient (Wildman–Crippen LogP) is 2.01. The summed E-state index contributed by atoms with van der Waals surface area (Å²) in [6, 6.07) is 0.252. The Morgan fingerprint density at radius 1 is 1.50 bits per heavy atom. The van der Waals surface area contributed by atoms with E-state index < -0.39 is 24.0 Å².